The van der Waals surface area contributed by atoms with E-state index in [0.717, 1.165) is 33.9 Å². The van der Waals surface area contributed by atoms with Crippen LogP contribution >= 0.6 is 0 Å². The molecule has 0 amide bonds. The van der Waals surface area contributed by atoms with Crippen LogP contribution in [0.3, 0.4) is 0 Å². The number of aliphatic hydroxyl groups excluding tert-OH is 1. The number of hydrogen-bond donors (Lipinski definition) is 4. The summed E-state index contributed by atoms with van der Waals surface area (Å²) in [4.78, 5) is 13.5. The summed E-state index contributed by atoms with van der Waals surface area (Å²) in [6.45, 7) is 1.99. The van der Waals surface area contributed by atoms with Crippen molar-refractivity contribution in [3.8, 4) is 5.75 Å². The van der Waals surface area contributed by atoms with Crippen LogP contribution < -0.4 is 20.7 Å². The van der Waals surface area contributed by atoms with Crippen molar-refractivity contribution in [3.05, 3.63) is 83.9 Å². The van der Waals surface area contributed by atoms with Crippen molar-refractivity contribution in [3.63, 3.8) is 0 Å². The summed E-state index contributed by atoms with van der Waals surface area (Å²) in [7, 11) is 1.62. The van der Waals surface area contributed by atoms with Crippen molar-refractivity contribution < 1.29 is 9.84 Å². The number of ether oxygens (including phenoxy) is 1. The molecule has 0 atom stereocenters. The first-order valence-electron chi connectivity index (χ1n) is 10.1. The van der Waals surface area contributed by atoms with E-state index in [1.54, 1.807) is 7.11 Å². The number of nitrogens with zero attached hydrogens (tertiary/aromatic N) is 3. The van der Waals surface area contributed by atoms with Gasteiger partial charge in [-0.1, -0.05) is 35.9 Å². The normalized spacial score (nSPS) is 10.5. The van der Waals surface area contributed by atoms with Gasteiger partial charge >= 0.3 is 0 Å². The van der Waals surface area contributed by atoms with Crippen molar-refractivity contribution in [2.45, 2.75) is 13.5 Å². The maximum Gasteiger partial charge on any atom is 0.233 e. The molecule has 0 radical (unpaired) electrons. The maximum atomic E-state index is 9.41. The molecule has 32 heavy (non-hydrogen) atoms. The topological polar surface area (TPSA) is 104 Å². The fourth-order valence-corrected chi connectivity index (χ4v) is 3.02. The quantitative estimate of drug-likeness (QED) is 0.314. The van der Waals surface area contributed by atoms with Gasteiger partial charge in [0.25, 0.3) is 0 Å². The van der Waals surface area contributed by atoms with Crippen LogP contribution in [0.1, 0.15) is 11.1 Å². The van der Waals surface area contributed by atoms with E-state index in [2.05, 4.69) is 30.9 Å². The van der Waals surface area contributed by atoms with E-state index in [1.807, 2.05) is 79.7 Å². The van der Waals surface area contributed by atoms with E-state index in [9.17, 15) is 5.11 Å². The lowest BCUT2D eigenvalue weighted by molar-refractivity contribution is 0.282. The third kappa shape index (κ3) is 5.50. The van der Waals surface area contributed by atoms with Crippen LogP contribution in [-0.4, -0.2) is 27.2 Å². The van der Waals surface area contributed by atoms with Gasteiger partial charge in [0.05, 0.1) is 13.7 Å². The fraction of sp³-hybridized carbons (Fsp3) is 0.125. The molecule has 8 nitrogen and oxygen atoms in total. The number of aromatic nitrogens is 3. The molecule has 8 heteroatoms. The molecule has 0 aliphatic heterocycles. The zero-order valence-corrected chi connectivity index (χ0v) is 17.8. The smallest absolute Gasteiger partial charge is 0.233 e. The Hall–Kier alpha value is -4.17. The van der Waals surface area contributed by atoms with Crippen LogP contribution in [0.5, 0.6) is 5.75 Å². The predicted molar refractivity (Wildman–Crippen MR) is 126 cm³/mol. The standard InChI is InChI=1S/C24H24N6O2/c1-16-9-11-18(12-10-16)25-22-28-23(26-19-6-3-5-17(13-19)15-31)30-24(29-22)27-20-7-4-8-21(14-20)32-2/h3-14,31H,15H2,1-2H3,(H3,25,26,27,28,29,30). The Morgan fingerprint density at radius 1 is 0.719 bits per heavy atom. The Balaban J connectivity index is 1.65. The first-order chi connectivity index (χ1) is 15.6. The third-order valence-corrected chi connectivity index (χ3v) is 4.63. The first-order valence-corrected chi connectivity index (χ1v) is 10.1. The molecule has 3 aromatic carbocycles. The minimum absolute atomic E-state index is 0.0460. The van der Waals surface area contributed by atoms with Crippen LogP contribution in [0.15, 0.2) is 72.8 Å². The molecule has 4 N–H and O–H groups in total. The summed E-state index contributed by atoms with van der Waals surface area (Å²) in [5.74, 6) is 1.83. The lowest BCUT2D eigenvalue weighted by Gasteiger charge is -2.12. The van der Waals surface area contributed by atoms with E-state index in [-0.39, 0.29) is 6.61 Å². The van der Waals surface area contributed by atoms with Gasteiger partial charge in [0.15, 0.2) is 0 Å². The van der Waals surface area contributed by atoms with Gasteiger partial charge in [-0.2, -0.15) is 15.0 Å². The molecule has 0 fully saturated rings. The molecule has 4 rings (SSSR count). The average molecular weight is 428 g/mol. The van der Waals surface area contributed by atoms with Crippen molar-refractivity contribution in [1.82, 2.24) is 15.0 Å². The van der Waals surface area contributed by atoms with Crippen LogP contribution in [0.4, 0.5) is 34.9 Å². The molecule has 0 spiro atoms. The SMILES string of the molecule is COc1cccc(Nc2nc(Nc3ccc(C)cc3)nc(Nc3cccc(CO)c3)n2)c1. The van der Waals surface area contributed by atoms with Crippen LogP contribution in [0, 0.1) is 6.92 Å². The van der Waals surface area contributed by atoms with E-state index < -0.39 is 0 Å². The Morgan fingerprint density at radius 2 is 1.28 bits per heavy atom. The molecular formula is C24H24N6O2. The van der Waals surface area contributed by atoms with Gasteiger partial charge in [-0.15, -0.1) is 0 Å². The second-order valence-corrected chi connectivity index (χ2v) is 7.14. The molecule has 0 saturated heterocycles. The molecule has 1 heterocycles. The number of nitrogens with one attached hydrogen (secondary N) is 3. The van der Waals surface area contributed by atoms with Gasteiger partial charge in [-0.05, 0) is 48.9 Å². The number of rotatable bonds is 8. The van der Waals surface area contributed by atoms with Crippen LogP contribution in [0.2, 0.25) is 0 Å². The maximum absolute atomic E-state index is 9.41. The van der Waals surface area contributed by atoms with Gasteiger partial charge < -0.3 is 25.8 Å². The molecular weight excluding hydrogens is 404 g/mol. The Labute approximate surface area is 186 Å². The highest BCUT2D eigenvalue weighted by atomic mass is 16.5. The highest BCUT2D eigenvalue weighted by molar-refractivity contribution is 5.62. The average Bonchev–Trinajstić information content (AvgIpc) is 2.81. The molecule has 0 unspecified atom stereocenters. The minimum atomic E-state index is -0.0460. The number of anilines is 6. The molecule has 0 aliphatic carbocycles. The molecule has 0 saturated carbocycles. The first kappa shape index (κ1) is 21.1. The number of aryl methyl sites for hydroxylation is 1. The van der Waals surface area contributed by atoms with Crippen molar-refractivity contribution >= 4 is 34.9 Å². The second kappa shape index (κ2) is 9.76. The van der Waals surface area contributed by atoms with Crippen molar-refractivity contribution in [2.24, 2.45) is 0 Å². The van der Waals surface area contributed by atoms with Gasteiger partial charge in [0, 0.05) is 23.1 Å². The highest BCUT2D eigenvalue weighted by Crippen LogP contribution is 2.23. The lowest BCUT2D eigenvalue weighted by Crippen LogP contribution is -2.07. The predicted octanol–water partition coefficient (Wildman–Crippen LogP) is 4.91. The fourth-order valence-electron chi connectivity index (χ4n) is 3.02. The van der Waals surface area contributed by atoms with Gasteiger partial charge in [-0.25, -0.2) is 0 Å². The molecule has 162 valence electrons. The molecule has 0 bridgehead atoms. The highest BCUT2D eigenvalue weighted by Gasteiger charge is 2.09. The van der Waals surface area contributed by atoms with E-state index >= 15 is 0 Å². The largest absolute Gasteiger partial charge is 0.497 e. The minimum Gasteiger partial charge on any atom is -0.497 e. The summed E-state index contributed by atoms with van der Waals surface area (Å²) in [5.41, 5.74) is 4.36. The van der Waals surface area contributed by atoms with Crippen LogP contribution in [0.25, 0.3) is 0 Å². The second-order valence-electron chi connectivity index (χ2n) is 7.14. The summed E-state index contributed by atoms with van der Waals surface area (Å²) >= 11 is 0. The summed E-state index contributed by atoms with van der Waals surface area (Å²) in [5, 5.41) is 19.0. The van der Waals surface area contributed by atoms with Gasteiger partial charge in [0.1, 0.15) is 5.75 Å². The number of hydrogen-bond acceptors (Lipinski definition) is 8. The zero-order chi connectivity index (χ0) is 22.3. The summed E-state index contributed by atoms with van der Waals surface area (Å²) in [6, 6.07) is 22.9. The summed E-state index contributed by atoms with van der Waals surface area (Å²) in [6.07, 6.45) is 0. The number of methoxy groups -OCH3 is 1. The molecule has 4 aromatic rings. The van der Waals surface area contributed by atoms with E-state index in [0.29, 0.717) is 17.8 Å². The third-order valence-electron chi connectivity index (χ3n) is 4.63. The van der Waals surface area contributed by atoms with Crippen LogP contribution in [-0.2, 0) is 6.61 Å². The Kier molecular flexibility index (Phi) is 6.43. The van der Waals surface area contributed by atoms with E-state index in [4.69, 9.17) is 4.74 Å². The number of aliphatic hydroxyl groups is 1. The summed E-state index contributed by atoms with van der Waals surface area (Å²) < 4.78 is 5.29. The van der Waals surface area contributed by atoms with Gasteiger partial charge in [0.2, 0.25) is 17.8 Å². The molecule has 0 aliphatic rings. The zero-order valence-electron chi connectivity index (χ0n) is 17.8. The van der Waals surface area contributed by atoms with Crippen molar-refractivity contribution in [1.29, 1.82) is 0 Å². The van der Waals surface area contributed by atoms with Gasteiger partial charge in [-0.3, -0.25) is 0 Å². The molecule has 1 aromatic heterocycles. The lowest BCUT2D eigenvalue weighted by atomic mass is 10.2. The Morgan fingerprint density at radius 3 is 1.88 bits per heavy atom. The Bertz CT molecular complexity index is 1130. The number of benzene rings is 3. The van der Waals surface area contributed by atoms with Crippen molar-refractivity contribution in [2.75, 3.05) is 23.1 Å². The monoisotopic (exact) mass is 428 g/mol. The van der Waals surface area contributed by atoms with E-state index in [1.165, 1.54) is 0 Å².